The van der Waals surface area contributed by atoms with Crippen molar-refractivity contribution in [1.29, 1.82) is 0 Å². The molecule has 0 radical (unpaired) electrons. The second-order valence-corrected chi connectivity index (χ2v) is 5.12. The average molecular weight is 293 g/mol. The van der Waals surface area contributed by atoms with Gasteiger partial charge in [-0.1, -0.05) is 0 Å². The normalized spacial score (nSPS) is 14.7. The van der Waals surface area contributed by atoms with Gasteiger partial charge in [0.1, 0.15) is 22.6 Å². The highest BCUT2D eigenvalue weighted by Gasteiger charge is 2.16. The van der Waals surface area contributed by atoms with Crippen molar-refractivity contribution < 1.29 is 0 Å². The fraction of sp³-hybridized carbons (Fsp3) is 0.417. The predicted octanol–water partition coefficient (Wildman–Crippen LogP) is 2.61. The first kappa shape index (κ1) is 10.9. The largest absolute Gasteiger partial charge is 0.287 e. The van der Waals surface area contributed by atoms with E-state index in [1.54, 1.807) is 0 Å². The molecule has 1 aliphatic rings. The van der Waals surface area contributed by atoms with E-state index in [2.05, 4.69) is 35.4 Å². The highest BCUT2D eigenvalue weighted by atomic mass is 79.9. The van der Waals surface area contributed by atoms with Crippen LogP contribution >= 0.6 is 15.9 Å². The fourth-order valence-corrected chi connectivity index (χ4v) is 2.77. The predicted molar refractivity (Wildman–Crippen MR) is 68.2 cm³/mol. The smallest absolute Gasteiger partial charge is 0.142 e. The van der Waals surface area contributed by atoms with Gasteiger partial charge in [-0.3, -0.25) is 4.57 Å². The first-order valence-corrected chi connectivity index (χ1v) is 6.60. The SMILES string of the molecule is Cc1nc(Br)cc(-n2cnc3c2CCCC3)n1. The molecule has 0 fully saturated rings. The van der Waals surface area contributed by atoms with Crippen LogP contribution in [0.3, 0.4) is 0 Å². The first-order valence-electron chi connectivity index (χ1n) is 5.81. The Bertz CT molecular complexity index is 541. The molecule has 0 unspecified atom stereocenters. The molecular weight excluding hydrogens is 280 g/mol. The molecule has 0 atom stereocenters. The molecular formula is C12H13BrN4. The van der Waals surface area contributed by atoms with Gasteiger partial charge < -0.3 is 0 Å². The number of rotatable bonds is 1. The molecule has 2 heterocycles. The number of hydrogen-bond acceptors (Lipinski definition) is 3. The minimum atomic E-state index is 0.771. The summed E-state index contributed by atoms with van der Waals surface area (Å²) in [5, 5.41) is 0. The molecule has 0 amide bonds. The van der Waals surface area contributed by atoms with E-state index in [9.17, 15) is 0 Å². The summed E-state index contributed by atoms with van der Waals surface area (Å²) in [6.45, 7) is 1.90. The first-order chi connectivity index (χ1) is 8.24. The number of halogens is 1. The van der Waals surface area contributed by atoms with Gasteiger partial charge in [-0.15, -0.1) is 0 Å². The highest BCUT2D eigenvalue weighted by Crippen LogP contribution is 2.23. The van der Waals surface area contributed by atoms with Gasteiger partial charge in [0.2, 0.25) is 0 Å². The summed E-state index contributed by atoms with van der Waals surface area (Å²) in [4.78, 5) is 13.2. The summed E-state index contributed by atoms with van der Waals surface area (Å²) in [6, 6.07) is 1.93. The molecule has 2 aromatic rings. The summed E-state index contributed by atoms with van der Waals surface area (Å²) < 4.78 is 2.91. The maximum atomic E-state index is 4.48. The Kier molecular flexibility index (Phi) is 2.70. The third-order valence-corrected chi connectivity index (χ3v) is 3.48. The van der Waals surface area contributed by atoms with Gasteiger partial charge >= 0.3 is 0 Å². The van der Waals surface area contributed by atoms with E-state index in [0.29, 0.717) is 0 Å². The molecule has 17 heavy (non-hydrogen) atoms. The van der Waals surface area contributed by atoms with Crippen LogP contribution in [0.25, 0.3) is 5.82 Å². The van der Waals surface area contributed by atoms with Crippen molar-refractivity contribution in [2.75, 3.05) is 0 Å². The zero-order valence-corrected chi connectivity index (χ0v) is 11.2. The number of nitrogens with zero attached hydrogens (tertiary/aromatic N) is 4. The van der Waals surface area contributed by atoms with Crippen LogP contribution in [0.15, 0.2) is 17.0 Å². The van der Waals surface area contributed by atoms with Gasteiger partial charge in [-0.25, -0.2) is 15.0 Å². The molecule has 0 aromatic carbocycles. The van der Waals surface area contributed by atoms with Crippen LogP contribution in [0.4, 0.5) is 0 Å². The second-order valence-electron chi connectivity index (χ2n) is 4.31. The van der Waals surface area contributed by atoms with Crippen molar-refractivity contribution in [1.82, 2.24) is 19.5 Å². The molecule has 0 saturated carbocycles. The molecule has 88 valence electrons. The van der Waals surface area contributed by atoms with Crippen LogP contribution in [0.5, 0.6) is 0 Å². The van der Waals surface area contributed by atoms with E-state index in [1.807, 2.05) is 19.3 Å². The average Bonchev–Trinajstić information content (AvgIpc) is 2.71. The lowest BCUT2D eigenvalue weighted by molar-refractivity contribution is 0.653. The van der Waals surface area contributed by atoms with E-state index in [1.165, 1.54) is 24.2 Å². The molecule has 5 heteroatoms. The zero-order chi connectivity index (χ0) is 11.8. The van der Waals surface area contributed by atoms with Gasteiger partial charge in [0.05, 0.1) is 5.69 Å². The Morgan fingerprint density at radius 2 is 2.06 bits per heavy atom. The highest BCUT2D eigenvalue weighted by molar-refractivity contribution is 9.10. The Morgan fingerprint density at radius 1 is 1.24 bits per heavy atom. The quantitative estimate of drug-likeness (QED) is 0.759. The summed E-state index contributed by atoms with van der Waals surface area (Å²) >= 11 is 3.41. The molecule has 0 aliphatic heterocycles. The van der Waals surface area contributed by atoms with Gasteiger partial charge in [0.15, 0.2) is 0 Å². The Morgan fingerprint density at radius 3 is 2.88 bits per heavy atom. The van der Waals surface area contributed by atoms with Gasteiger partial charge in [0.25, 0.3) is 0 Å². The number of imidazole rings is 1. The molecule has 0 bridgehead atoms. The van der Waals surface area contributed by atoms with Crippen LogP contribution in [0.1, 0.15) is 30.1 Å². The van der Waals surface area contributed by atoms with Crippen LogP contribution in [0.2, 0.25) is 0 Å². The Labute approximate surface area is 108 Å². The van der Waals surface area contributed by atoms with Crippen molar-refractivity contribution >= 4 is 15.9 Å². The summed E-state index contributed by atoms with van der Waals surface area (Å²) in [5.74, 6) is 1.67. The molecule has 0 saturated heterocycles. The van der Waals surface area contributed by atoms with Crippen molar-refractivity contribution in [2.24, 2.45) is 0 Å². The fourth-order valence-electron chi connectivity index (χ4n) is 2.31. The van der Waals surface area contributed by atoms with Crippen LogP contribution in [-0.4, -0.2) is 19.5 Å². The minimum Gasteiger partial charge on any atom is -0.287 e. The van der Waals surface area contributed by atoms with Crippen LogP contribution in [0, 0.1) is 6.92 Å². The summed E-state index contributed by atoms with van der Waals surface area (Å²) in [7, 11) is 0. The molecule has 1 aliphatic carbocycles. The molecule has 0 N–H and O–H groups in total. The summed E-state index contributed by atoms with van der Waals surface area (Å²) in [5.41, 5.74) is 2.53. The zero-order valence-electron chi connectivity index (χ0n) is 9.65. The van der Waals surface area contributed by atoms with Crippen LogP contribution < -0.4 is 0 Å². The second kappa shape index (κ2) is 4.22. The lowest BCUT2D eigenvalue weighted by atomic mass is 10.0. The van der Waals surface area contributed by atoms with Gasteiger partial charge in [-0.2, -0.15) is 0 Å². The molecule has 2 aromatic heterocycles. The number of aromatic nitrogens is 4. The topological polar surface area (TPSA) is 43.6 Å². The van der Waals surface area contributed by atoms with Crippen LogP contribution in [-0.2, 0) is 12.8 Å². The Hall–Kier alpha value is -1.23. The van der Waals surface area contributed by atoms with E-state index in [-0.39, 0.29) is 0 Å². The van der Waals surface area contributed by atoms with E-state index < -0.39 is 0 Å². The van der Waals surface area contributed by atoms with Crippen molar-refractivity contribution in [3.63, 3.8) is 0 Å². The lowest BCUT2D eigenvalue weighted by Crippen LogP contribution is -2.08. The van der Waals surface area contributed by atoms with Crippen molar-refractivity contribution in [3.8, 4) is 5.82 Å². The molecule has 3 rings (SSSR count). The maximum Gasteiger partial charge on any atom is 0.142 e. The standard InChI is InChI=1S/C12H13BrN4/c1-8-15-11(13)6-12(16-8)17-7-14-9-4-2-3-5-10(9)17/h6-7H,2-5H2,1H3. The summed E-state index contributed by atoms with van der Waals surface area (Å²) in [6.07, 6.45) is 6.55. The third kappa shape index (κ3) is 1.99. The number of hydrogen-bond donors (Lipinski definition) is 0. The van der Waals surface area contributed by atoms with E-state index >= 15 is 0 Å². The monoisotopic (exact) mass is 292 g/mol. The number of aryl methyl sites for hydroxylation is 2. The Balaban J connectivity index is 2.11. The maximum absolute atomic E-state index is 4.48. The molecule has 0 spiro atoms. The van der Waals surface area contributed by atoms with Gasteiger partial charge in [0, 0.05) is 11.8 Å². The van der Waals surface area contributed by atoms with Crippen molar-refractivity contribution in [3.05, 3.63) is 34.2 Å². The van der Waals surface area contributed by atoms with E-state index in [4.69, 9.17) is 0 Å². The lowest BCUT2D eigenvalue weighted by Gasteiger charge is -2.13. The molecule has 4 nitrogen and oxygen atoms in total. The van der Waals surface area contributed by atoms with Gasteiger partial charge in [-0.05, 0) is 48.5 Å². The number of fused-ring (bicyclic) bond motifs is 1. The third-order valence-electron chi connectivity index (χ3n) is 3.07. The van der Waals surface area contributed by atoms with E-state index in [0.717, 1.165) is 29.1 Å². The minimum absolute atomic E-state index is 0.771. The van der Waals surface area contributed by atoms with Crippen molar-refractivity contribution in [2.45, 2.75) is 32.6 Å².